The van der Waals surface area contributed by atoms with E-state index in [1.165, 1.54) is 26.1 Å². The highest BCUT2D eigenvalue weighted by molar-refractivity contribution is 7.17. The zero-order chi connectivity index (χ0) is 23.6. The normalized spacial score (nSPS) is 15.0. The van der Waals surface area contributed by atoms with Gasteiger partial charge in [0, 0.05) is 29.9 Å². The van der Waals surface area contributed by atoms with E-state index in [0.717, 1.165) is 30.6 Å². The number of halogens is 2. The van der Waals surface area contributed by atoms with Gasteiger partial charge in [0.2, 0.25) is 0 Å². The third-order valence-corrected chi connectivity index (χ3v) is 6.20. The quantitative estimate of drug-likeness (QED) is 0.424. The highest BCUT2D eigenvalue weighted by Gasteiger charge is 2.31. The van der Waals surface area contributed by atoms with Crippen LogP contribution in [0.25, 0.3) is 10.4 Å². The zero-order valence-corrected chi connectivity index (χ0v) is 18.9. The van der Waals surface area contributed by atoms with Crippen LogP contribution in [0.1, 0.15) is 72.3 Å². The molecule has 1 aliphatic rings. The number of aromatic nitrogens is 2. The van der Waals surface area contributed by atoms with E-state index >= 15 is 0 Å². The number of primary amides is 1. The molecule has 0 aliphatic heterocycles. The van der Waals surface area contributed by atoms with Crippen molar-refractivity contribution < 1.29 is 23.5 Å². The van der Waals surface area contributed by atoms with Gasteiger partial charge in [0.15, 0.2) is 5.01 Å². The monoisotopic (exact) mass is 467 g/mol. The lowest BCUT2D eigenvalue weighted by Gasteiger charge is -2.18. The van der Waals surface area contributed by atoms with Crippen molar-refractivity contribution in [3.05, 3.63) is 28.5 Å². The molecule has 11 heteroatoms. The molecule has 2 aromatic heterocycles. The molecule has 5 N–H and O–H groups in total. The highest BCUT2D eigenvalue weighted by Crippen LogP contribution is 2.39. The fourth-order valence-corrected chi connectivity index (χ4v) is 4.32. The maximum atomic E-state index is 13.9. The number of nitrogens with one attached hydrogen (secondary N) is 2. The Kier molecular flexibility index (Phi) is 7.09. The topological polar surface area (TPSA) is 130 Å². The SMILES string of the molecule is CCC(Nc1cc(C(F)F)c(-c2sc(C(=O)NCC(C)(C)O)nc2C(N)=O)cn1)C1CC1. The van der Waals surface area contributed by atoms with Gasteiger partial charge in [0.25, 0.3) is 18.2 Å². The van der Waals surface area contributed by atoms with Crippen molar-refractivity contribution in [1.29, 1.82) is 0 Å². The minimum atomic E-state index is -2.84. The van der Waals surface area contributed by atoms with Crippen LogP contribution in [0.15, 0.2) is 12.3 Å². The predicted octanol–water partition coefficient (Wildman–Crippen LogP) is 3.34. The molecule has 2 amide bonds. The second kappa shape index (κ2) is 9.45. The van der Waals surface area contributed by atoms with Gasteiger partial charge in [-0.2, -0.15) is 0 Å². The summed E-state index contributed by atoms with van der Waals surface area (Å²) in [6.07, 6.45) is 1.47. The van der Waals surface area contributed by atoms with Gasteiger partial charge >= 0.3 is 0 Å². The summed E-state index contributed by atoms with van der Waals surface area (Å²) >= 11 is 0.771. The van der Waals surface area contributed by atoms with Crippen LogP contribution in [0.5, 0.6) is 0 Å². The Hall–Kier alpha value is -2.66. The standard InChI is InChI=1S/C21H27F2N5O3S/c1-4-13(10-5-6-10)27-14-7-11(17(22)23)12(8-25-14)16-15(18(24)29)28-20(32-16)19(30)26-9-21(2,3)31/h7-8,10,13,17,31H,4-6,9H2,1-3H3,(H2,24,29)(H,25,27)(H,26,30). The zero-order valence-electron chi connectivity index (χ0n) is 18.1. The van der Waals surface area contributed by atoms with E-state index in [-0.39, 0.29) is 39.3 Å². The molecule has 1 saturated carbocycles. The number of hydrogen-bond acceptors (Lipinski definition) is 7. The van der Waals surface area contributed by atoms with E-state index in [9.17, 15) is 23.5 Å². The molecule has 1 unspecified atom stereocenters. The fourth-order valence-electron chi connectivity index (χ4n) is 3.30. The van der Waals surface area contributed by atoms with Crippen molar-refractivity contribution in [1.82, 2.24) is 15.3 Å². The molecule has 0 saturated heterocycles. The van der Waals surface area contributed by atoms with Gasteiger partial charge in [0.1, 0.15) is 11.5 Å². The average Bonchev–Trinajstić information content (AvgIpc) is 3.46. The Morgan fingerprint density at radius 3 is 2.59 bits per heavy atom. The lowest BCUT2D eigenvalue weighted by Crippen LogP contribution is -2.38. The van der Waals surface area contributed by atoms with E-state index in [1.54, 1.807) is 0 Å². The molecule has 2 heterocycles. The summed E-state index contributed by atoms with van der Waals surface area (Å²) in [5, 5.41) is 15.4. The van der Waals surface area contributed by atoms with Gasteiger partial charge in [-0.1, -0.05) is 6.92 Å². The van der Waals surface area contributed by atoms with Crippen LogP contribution in [-0.2, 0) is 0 Å². The molecule has 1 atom stereocenters. The molecule has 2 aromatic rings. The van der Waals surface area contributed by atoms with Gasteiger partial charge in [-0.05, 0) is 45.1 Å². The van der Waals surface area contributed by atoms with E-state index in [1.807, 2.05) is 6.92 Å². The largest absolute Gasteiger partial charge is 0.389 e. The predicted molar refractivity (Wildman–Crippen MR) is 118 cm³/mol. The van der Waals surface area contributed by atoms with E-state index < -0.39 is 23.8 Å². The van der Waals surface area contributed by atoms with Crippen LogP contribution in [-0.4, -0.2) is 45.1 Å². The number of hydrogen-bond donors (Lipinski definition) is 4. The Balaban J connectivity index is 1.95. The molecule has 8 nitrogen and oxygen atoms in total. The van der Waals surface area contributed by atoms with Crippen LogP contribution in [0.2, 0.25) is 0 Å². The molecule has 3 rings (SSSR count). The minimum absolute atomic E-state index is 0.00198. The second-order valence-electron chi connectivity index (χ2n) is 8.51. The molecular weight excluding hydrogens is 440 g/mol. The lowest BCUT2D eigenvalue weighted by atomic mass is 10.1. The third kappa shape index (κ3) is 5.77. The van der Waals surface area contributed by atoms with Crippen LogP contribution in [0, 0.1) is 5.92 Å². The Bertz CT molecular complexity index is 1000. The number of anilines is 1. The van der Waals surface area contributed by atoms with Crippen molar-refractivity contribution in [3.8, 4) is 10.4 Å². The molecule has 174 valence electrons. The number of pyridine rings is 1. The van der Waals surface area contributed by atoms with Crippen molar-refractivity contribution >= 4 is 29.0 Å². The summed E-state index contributed by atoms with van der Waals surface area (Å²) in [6, 6.07) is 1.43. The first kappa shape index (κ1) is 24.0. The maximum Gasteiger partial charge on any atom is 0.280 e. The van der Waals surface area contributed by atoms with Gasteiger partial charge in [-0.15, -0.1) is 11.3 Å². The number of carbonyl (C=O) groups is 2. The van der Waals surface area contributed by atoms with Crippen LogP contribution in [0.4, 0.5) is 14.6 Å². The Morgan fingerprint density at radius 2 is 2.06 bits per heavy atom. The molecular formula is C21H27F2N5O3S. The summed E-state index contributed by atoms with van der Waals surface area (Å²) in [5.74, 6) is -0.744. The maximum absolute atomic E-state index is 13.9. The fraction of sp³-hybridized carbons (Fsp3) is 0.524. The number of rotatable bonds is 10. The van der Waals surface area contributed by atoms with E-state index in [2.05, 4.69) is 20.6 Å². The lowest BCUT2D eigenvalue weighted by molar-refractivity contribution is 0.0694. The molecule has 32 heavy (non-hydrogen) atoms. The third-order valence-electron chi connectivity index (χ3n) is 5.12. The smallest absolute Gasteiger partial charge is 0.280 e. The number of alkyl halides is 2. The average molecular weight is 468 g/mol. The number of thiazole rings is 1. The second-order valence-corrected chi connectivity index (χ2v) is 9.51. The summed E-state index contributed by atoms with van der Waals surface area (Å²) in [6.45, 7) is 4.99. The number of aliphatic hydroxyl groups is 1. The van der Waals surface area contributed by atoms with Crippen molar-refractivity contribution in [2.24, 2.45) is 11.7 Å². The van der Waals surface area contributed by atoms with Gasteiger partial charge in [0.05, 0.1) is 10.5 Å². The first-order chi connectivity index (χ1) is 15.0. The van der Waals surface area contributed by atoms with Crippen LogP contribution in [0.3, 0.4) is 0 Å². The number of nitrogens with zero attached hydrogens (tertiary/aromatic N) is 2. The molecule has 1 aliphatic carbocycles. The van der Waals surface area contributed by atoms with E-state index in [0.29, 0.717) is 11.7 Å². The minimum Gasteiger partial charge on any atom is -0.389 e. The van der Waals surface area contributed by atoms with Crippen LogP contribution >= 0.6 is 11.3 Å². The van der Waals surface area contributed by atoms with Gasteiger partial charge < -0.3 is 21.5 Å². The van der Waals surface area contributed by atoms with Crippen LogP contribution < -0.4 is 16.4 Å². The molecule has 0 radical (unpaired) electrons. The molecule has 0 aromatic carbocycles. The Morgan fingerprint density at radius 1 is 1.38 bits per heavy atom. The number of nitrogens with two attached hydrogens (primary N) is 1. The Labute approximate surface area is 188 Å². The number of amides is 2. The highest BCUT2D eigenvalue weighted by atomic mass is 32.1. The molecule has 0 spiro atoms. The summed E-state index contributed by atoms with van der Waals surface area (Å²) < 4.78 is 27.9. The number of carbonyl (C=O) groups excluding carboxylic acids is 2. The summed E-state index contributed by atoms with van der Waals surface area (Å²) in [5.41, 5.74) is 3.63. The van der Waals surface area contributed by atoms with Crippen molar-refractivity contribution in [2.75, 3.05) is 11.9 Å². The summed E-state index contributed by atoms with van der Waals surface area (Å²) in [7, 11) is 0. The van der Waals surface area contributed by atoms with Crippen molar-refractivity contribution in [2.45, 2.75) is 58.1 Å². The summed E-state index contributed by atoms with van der Waals surface area (Å²) in [4.78, 5) is 32.6. The first-order valence-corrected chi connectivity index (χ1v) is 11.2. The molecule has 0 bridgehead atoms. The van der Waals surface area contributed by atoms with Gasteiger partial charge in [-0.25, -0.2) is 18.7 Å². The first-order valence-electron chi connectivity index (χ1n) is 10.4. The van der Waals surface area contributed by atoms with Crippen molar-refractivity contribution in [3.63, 3.8) is 0 Å². The van der Waals surface area contributed by atoms with Gasteiger partial charge in [-0.3, -0.25) is 9.59 Å². The molecule has 1 fully saturated rings. The van der Waals surface area contributed by atoms with E-state index in [4.69, 9.17) is 5.73 Å².